The molecule has 1 aliphatic rings. The Kier molecular flexibility index (Phi) is 5.24. The van der Waals surface area contributed by atoms with Gasteiger partial charge in [0.1, 0.15) is 6.61 Å². The predicted molar refractivity (Wildman–Crippen MR) is 73.8 cm³/mol. The Bertz CT molecular complexity index is 466. The van der Waals surface area contributed by atoms with Gasteiger partial charge in [-0.1, -0.05) is 30.3 Å². The Morgan fingerprint density at radius 2 is 2.15 bits per heavy atom. The molecule has 0 spiro atoms. The number of cyclic esters (lactones) is 1. The van der Waals surface area contributed by atoms with Crippen molar-refractivity contribution < 1.29 is 19.1 Å². The minimum absolute atomic E-state index is 0.193. The summed E-state index contributed by atoms with van der Waals surface area (Å²) in [5, 5.41) is 0. The molecule has 5 nitrogen and oxygen atoms in total. The van der Waals surface area contributed by atoms with Gasteiger partial charge in [-0.05, 0) is 18.4 Å². The summed E-state index contributed by atoms with van der Waals surface area (Å²) >= 11 is 5.51. The van der Waals surface area contributed by atoms with E-state index in [-0.39, 0.29) is 19.3 Å². The lowest BCUT2D eigenvalue weighted by molar-refractivity contribution is 0.103. The average Bonchev–Trinajstić information content (AvgIpc) is 2.81. The summed E-state index contributed by atoms with van der Waals surface area (Å²) in [5.74, 6) is 0.408. The van der Waals surface area contributed by atoms with Crippen LogP contribution < -0.4 is 0 Å². The molecule has 1 aromatic carbocycles. The van der Waals surface area contributed by atoms with E-state index in [2.05, 4.69) is 0 Å². The number of alkyl halides is 1. The minimum atomic E-state index is -0.668. The third-order valence-corrected chi connectivity index (χ3v) is 3.24. The van der Waals surface area contributed by atoms with E-state index < -0.39 is 12.2 Å². The van der Waals surface area contributed by atoms with Gasteiger partial charge in [0, 0.05) is 5.88 Å². The Morgan fingerprint density at radius 3 is 2.85 bits per heavy atom. The van der Waals surface area contributed by atoms with Crippen molar-refractivity contribution in [3.8, 4) is 0 Å². The van der Waals surface area contributed by atoms with Gasteiger partial charge in [0.2, 0.25) is 0 Å². The monoisotopic (exact) mass is 297 g/mol. The Balaban J connectivity index is 1.97. The van der Waals surface area contributed by atoms with E-state index in [4.69, 9.17) is 21.1 Å². The summed E-state index contributed by atoms with van der Waals surface area (Å²) in [5.41, 5.74) is 1.04. The van der Waals surface area contributed by atoms with E-state index in [0.29, 0.717) is 18.7 Å². The SMILES string of the molecule is O=C(OCCCCl)N1C(=O)OC[C@@H]1Cc1ccccc1. The predicted octanol–water partition coefficient (Wildman–Crippen LogP) is 2.82. The number of benzene rings is 1. The first-order chi connectivity index (χ1) is 9.72. The Morgan fingerprint density at radius 1 is 1.40 bits per heavy atom. The van der Waals surface area contributed by atoms with Crippen molar-refractivity contribution in [2.45, 2.75) is 18.9 Å². The van der Waals surface area contributed by atoms with Crippen molar-refractivity contribution in [1.82, 2.24) is 4.90 Å². The Hall–Kier alpha value is -1.75. The maximum atomic E-state index is 11.9. The normalized spacial score (nSPS) is 17.9. The van der Waals surface area contributed by atoms with Crippen LogP contribution in [0.25, 0.3) is 0 Å². The van der Waals surface area contributed by atoms with E-state index in [1.165, 1.54) is 0 Å². The molecule has 0 unspecified atom stereocenters. The van der Waals surface area contributed by atoms with Gasteiger partial charge in [-0.2, -0.15) is 0 Å². The molecule has 0 aliphatic carbocycles. The average molecular weight is 298 g/mol. The van der Waals surface area contributed by atoms with E-state index in [1.807, 2.05) is 30.3 Å². The molecule has 0 radical (unpaired) electrons. The van der Waals surface area contributed by atoms with Gasteiger partial charge in [-0.3, -0.25) is 0 Å². The fourth-order valence-corrected chi connectivity index (χ4v) is 2.11. The molecule has 1 fully saturated rings. The van der Waals surface area contributed by atoms with Crippen molar-refractivity contribution in [2.75, 3.05) is 19.1 Å². The topological polar surface area (TPSA) is 55.8 Å². The molecule has 2 rings (SSSR count). The zero-order chi connectivity index (χ0) is 14.4. The second kappa shape index (κ2) is 7.14. The third kappa shape index (κ3) is 3.63. The van der Waals surface area contributed by atoms with Crippen LogP contribution in [-0.4, -0.2) is 42.2 Å². The lowest BCUT2D eigenvalue weighted by Crippen LogP contribution is -2.40. The number of ether oxygens (including phenoxy) is 2. The highest BCUT2D eigenvalue weighted by Gasteiger charge is 2.39. The van der Waals surface area contributed by atoms with Gasteiger partial charge >= 0.3 is 12.2 Å². The van der Waals surface area contributed by atoms with E-state index >= 15 is 0 Å². The van der Waals surface area contributed by atoms with Gasteiger partial charge in [-0.15, -0.1) is 11.6 Å². The number of amides is 2. The number of carbonyl (C=O) groups excluding carboxylic acids is 2. The number of nitrogens with zero attached hydrogens (tertiary/aromatic N) is 1. The van der Waals surface area contributed by atoms with Gasteiger partial charge in [0.15, 0.2) is 0 Å². The van der Waals surface area contributed by atoms with Crippen molar-refractivity contribution in [1.29, 1.82) is 0 Å². The lowest BCUT2D eigenvalue weighted by atomic mass is 10.1. The summed E-state index contributed by atoms with van der Waals surface area (Å²) in [7, 11) is 0. The van der Waals surface area contributed by atoms with Crippen LogP contribution in [0.3, 0.4) is 0 Å². The summed E-state index contributed by atoms with van der Waals surface area (Å²) in [6, 6.07) is 9.30. The third-order valence-electron chi connectivity index (χ3n) is 2.98. The van der Waals surface area contributed by atoms with Crippen LogP contribution in [0, 0.1) is 0 Å². The van der Waals surface area contributed by atoms with E-state index in [0.717, 1.165) is 10.5 Å². The fraction of sp³-hybridized carbons (Fsp3) is 0.429. The highest BCUT2D eigenvalue weighted by molar-refractivity contribution is 6.17. The minimum Gasteiger partial charge on any atom is -0.449 e. The molecule has 1 aromatic rings. The quantitative estimate of drug-likeness (QED) is 0.619. The maximum Gasteiger partial charge on any atom is 0.419 e. The largest absolute Gasteiger partial charge is 0.449 e. The zero-order valence-electron chi connectivity index (χ0n) is 11.0. The Labute approximate surface area is 122 Å². The van der Waals surface area contributed by atoms with Crippen molar-refractivity contribution in [3.05, 3.63) is 35.9 Å². The van der Waals surface area contributed by atoms with Crippen molar-refractivity contribution in [2.24, 2.45) is 0 Å². The molecule has 0 bridgehead atoms. The van der Waals surface area contributed by atoms with Crippen LogP contribution in [0.4, 0.5) is 9.59 Å². The molecule has 1 atom stereocenters. The zero-order valence-corrected chi connectivity index (χ0v) is 11.7. The van der Waals surface area contributed by atoms with Crippen LogP contribution in [-0.2, 0) is 15.9 Å². The van der Waals surface area contributed by atoms with Crippen LogP contribution in [0.1, 0.15) is 12.0 Å². The highest BCUT2D eigenvalue weighted by Crippen LogP contribution is 2.18. The first-order valence-corrected chi connectivity index (χ1v) is 6.98. The fourth-order valence-electron chi connectivity index (χ4n) is 2.00. The standard InChI is InChI=1S/C14H16ClNO4/c15-7-4-8-19-13(17)16-12(10-20-14(16)18)9-11-5-2-1-3-6-11/h1-3,5-6,12H,4,7-10H2/t12-/m0/s1. The second-order valence-corrected chi connectivity index (χ2v) is 4.83. The molecule has 1 saturated heterocycles. The summed E-state index contributed by atoms with van der Waals surface area (Å²) < 4.78 is 9.94. The molecule has 0 saturated carbocycles. The number of hydrogen-bond acceptors (Lipinski definition) is 4. The van der Waals surface area contributed by atoms with Gasteiger partial charge in [0.05, 0.1) is 12.6 Å². The first-order valence-electron chi connectivity index (χ1n) is 6.45. The van der Waals surface area contributed by atoms with E-state index in [1.54, 1.807) is 0 Å². The van der Waals surface area contributed by atoms with Crippen LogP contribution in [0.15, 0.2) is 30.3 Å². The molecule has 0 N–H and O–H groups in total. The maximum absolute atomic E-state index is 11.9. The van der Waals surface area contributed by atoms with Crippen molar-refractivity contribution >= 4 is 23.8 Å². The molecule has 1 heterocycles. The second-order valence-electron chi connectivity index (χ2n) is 4.45. The number of halogens is 1. The summed E-state index contributed by atoms with van der Waals surface area (Å²) in [4.78, 5) is 24.6. The lowest BCUT2D eigenvalue weighted by Gasteiger charge is -2.19. The number of hydrogen-bond donors (Lipinski definition) is 0. The summed E-state index contributed by atoms with van der Waals surface area (Å²) in [6.45, 7) is 0.391. The molecule has 0 aromatic heterocycles. The molecule has 108 valence electrons. The van der Waals surface area contributed by atoms with Crippen LogP contribution in [0.2, 0.25) is 0 Å². The highest BCUT2D eigenvalue weighted by atomic mass is 35.5. The van der Waals surface area contributed by atoms with Crippen LogP contribution in [0.5, 0.6) is 0 Å². The molecule has 20 heavy (non-hydrogen) atoms. The van der Waals surface area contributed by atoms with Crippen LogP contribution >= 0.6 is 11.6 Å². The molecular formula is C14H16ClNO4. The summed E-state index contributed by atoms with van der Waals surface area (Å²) in [6.07, 6.45) is -0.211. The molecule has 6 heteroatoms. The number of carbonyl (C=O) groups is 2. The number of rotatable bonds is 5. The van der Waals surface area contributed by atoms with Gasteiger partial charge in [0.25, 0.3) is 0 Å². The van der Waals surface area contributed by atoms with Gasteiger partial charge in [-0.25, -0.2) is 14.5 Å². The number of imide groups is 1. The molecular weight excluding hydrogens is 282 g/mol. The smallest absolute Gasteiger partial charge is 0.419 e. The molecule has 2 amide bonds. The van der Waals surface area contributed by atoms with Crippen molar-refractivity contribution in [3.63, 3.8) is 0 Å². The van der Waals surface area contributed by atoms with E-state index in [9.17, 15) is 9.59 Å². The first kappa shape index (κ1) is 14.7. The molecule has 1 aliphatic heterocycles. The van der Waals surface area contributed by atoms with Gasteiger partial charge < -0.3 is 9.47 Å².